The molecule has 3 amide bonds. The minimum Gasteiger partial charge on any atom is -0.379 e. The Balaban J connectivity index is 1.69. The van der Waals surface area contributed by atoms with Gasteiger partial charge < -0.3 is 20.3 Å². The van der Waals surface area contributed by atoms with Gasteiger partial charge in [-0.15, -0.1) is 0 Å². The standard InChI is InChI=1S/C23H32ClN3O4/c1-16-15-31-14-4-3-9-23(22(30)26-17(2)20(28)25-16)10-12-27(13-11-23)21(29)18-5-7-19(24)8-6-18/h5-8,16-17H,3-4,9-15H2,1-2H3,(H,25,28)(H,26,30)/t16-,17-/m0/s1. The monoisotopic (exact) mass is 449 g/mol. The zero-order valence-electron chi connectivity index (χ0n) is 18.3. The fraction of sp³-hybridized carbons (Fsp3) is 0.609. The van der Waals surface area contributed by atoms with Gasteiger partial charge in [-0.05, 0) is 63.8 Å². The average Bonchev–Trinajstić information content (AvgIpc) is 2.76. The van der Waals surface area contributed by atoms with Crippen molar-refractivity contribution in [3.8, 4) is 0 Å². The van der Waals surface area contributed by atoms with E-state index >= 15 is 0 Å². The van der Waals surface area contributed by atoms with Gasteiger partial charge in [0, 0.05) is 36.3 Å². The predicted octanol–water partition coefficient (Wildman–Crippen LogP) is 2.77. The van der Waals surface area contributed by atoms with Crippen LogP contribution in [0.4, 0.5) is 0 Å². The van der Waals surface area contributed by atoms with E-state index in [1.165, 1.54) is 0 Å². The lowest BCUT2D eigenvalue weighted by molar-refractivity contribution is -0.137. The molecule has 1 spiro atoms. The first-order valence-electron chi connectivity index (χ1n) is 11.0. The van der Waals surface area contributed by atoms with Crippen LogP contribution in [-0.4, -0.2) is 61.0 Å². The molecule has 2 fully saturated rings. The van der Waals surface area contributed by atoms with Crippen molar-refractivity contribution >= 4 is 29.3 Å². The number of nitrogens with zero attached hydrogens (tertiary/aromatic N) is 1. The van der Waals surface area contributed by atoms with Crippen LogP contribution in [0.1, 0.15) is 56.3 Å². The van der Waals surface area contributed by atoms with E-state index < -0.39 is 11.5 Å². The van der Waals surface area contributed by atoms with Crippen molar-refractivity contribution < 1.29 is 19.1 Å². The minimum atomic E-state index is -0.624. The van der Waals surface area contributed by atoms with Crippen LogP contribution in [0.15, 0.2) is 24.3 Å². The number of amides is 3. The fourth-order valence-electron chi connectivity index (χ4n) is 4.26. The van der Waals surface area contributed by atoms with Crippen molar-refractivity contribution in [1.29, 1.82) is 0 Å². The van der Waals surface area contributed by atoms with Gasteiger partial charge in [-0.2, -0.15) is 0 Å². The van der Waals surface area contributed by atoms with E-state index in [4.69, 9.17) is 16.3 Å². The zero-order valence-corrected chi connectivity index (χ0v) is 19.0. The largest absolute Gasteiger partial charge is 0.379 e. The SMILES string of the molecule is C[C@@H]1NC(=O)C2(CCCCOC[C@H](C)NC1=O)CCN(C(=O)c1ccc(Cl)cc1)CC2. The summed E-state index contributed by atoms with van der Waals surface area (Å²) in [5.74, 6) is -0.359. The van der Waals surface area contributed by atoms with Gasteiger partial charge in [0.15, 0.2) is 0 Å². The van der Waals surface area contributed by atoms with E-state index in [9.17, 15) is 14.4 Å². The van der Waals surface area contributed by atoms with Crippen LogP contribution in [0.2, 0.25) is 5.02 Å². The summed E-state index contributed by atoms with van der Waals surface area (Å²) in [5.41, 5.74) is 0.0154. The van der Waals surface area contributed by atoms with Crippen molar-refractivity contribution in [2.75, 3.05) is 26.3 Å². The number of hydrogen-bond acceptors (Lipinski definition) is 4. The van der Waals surface area contributed by atoms with E-state index in [-0.39, 0.29) is 23.8 Å². The quantitative estimate of drug-likeness (QED) is 0.690. The number of rotatable bonds is 1. The van der Waals surface area contributed by atoms with Gasteiger partial charge in [0.1, 0.15) is 6.04 Å². The maximum atomic E-state index is 13.3. The van der Waals surface area contributed by atoms with Crippen LogP contribution < -0.4 is 10.6 Å². The molecule has 1 aromatic carbocycles. The Labute approximate surface area is 188 Å². The molecule has 0 unspecified atom stereocenters. The Bertz CT molecular complexity index is 791. The lowest BCUT2D eigenvalue weighted by Crippen LogP contribution is -2.55. The second-order valence-corrected chi connectivity index (χ2v) is 9.15. The number of ether oxygens (including phenoxy) is 1. The average molecular weight is 450 g/mol. The van der Waals surface area contributed by atoms with Crippen molar-refractivity contribution in [2.24, 2.45) is 5.41 Å². The lowest BCUT2D eigenvalue weighted by Gasteiger charge is -2.41. The first-order chi connectivity index (χ1) is 14.8. The summed E-state index contributed by atoms with van der Waals surface area (Å²) in [6.45, 7) is 5.66. The molecule has 0 saturated carbocycles. The summed E-state index contributed by atoms with van der Waals surface area (Å²) in [5, 5.41) is 6.39. The van der Waals surface area contributed by atoms with Crippen LogP contribution in [-0.2, 0) is 14.3 Å². The van der Waals surface area contributed by atoms with Gasteiger partial charge in [0.05, 0.1) is 12.0 Å². The zero-order chi connectivity index (χ0) is 22.4. The third kappa shape index (κ3) is 5.98. The van der Waals surface area contributed by atoms with E-state index in [0.29, 0.717) is 49.7 Å². The van der Waals surface area contributed by atoms with Crippen molar-refractivity contribution in [3.63, 3.8) is 0 Å². The Morgan fingerprint density at radius 1 is 1.06 bits per heavy atom. The maximum absolute atomic E-state index is 13.3. The molecular weight excluding hydrogens is 418 g/mol. The number of carbonyl (C=O) groups is 3. The molecular formula is C23H32ClN3O4. The number of nitrogens with one attached hydrogen (secondary N) is 2. The lowest BCUT2D eigenvalue weighted by atomic mass is 9.73. The maximum Gasteiger partial charge on any atom is 0.253 e. The molecule has 0 bridgehead atoms. The number of halogens is 1. The van der Waals surface area contributed by atoms with Gasteiger partial charge in [0.25, 0.3) is 5.91 Å². The Kier molecular flexibility index (Phi) is 7.94. The highest BCUT2D eigenvalue weighted by molar-refractivity contribution is 6.30. The van der Waals surface area contributed by atoms with Crippen molar-refractivity contribution in [2.45, 2.75) is 58.0 Å². The minimum absolute atomic E-state index is 0.0494. The highest BCUT2D eigenvalue weighted by Crippen LogP contribution is 2.37. The van der Waals surface area contributed by atoms with Crippen LogP contribution in [0.3, 0.4) is 0 Å². The van der Waals surface area contributed by atoms with Crippen LogP contribution >= 0.6 is 11.6 Å². The highest BCUT2D eigenvalue weighted by Gasteiger charge is 2.42. The number of likely N-dealkylation sites (tertiary alicyclic amines) is 1. The Morgan fingerprint density at radius 3 is 2.42 bits per heavy atom. The van der Waals surface area contributed by atoms with Crippen molar-refractivity contribution in [1.82, 2.24) is 15.5 Å². The molecule has 2 aliphatic rings. The van der Waals surface area contributed by atoms with Gasteiger partial charge in [-0.3, -0.25) is 14.4 Å². The molecule has 170 valence electrons. The van der Waals surface area contributed by atoms with Gasteiger partial charge in [-0.1, -0.05) is 18.0 Å². The molecule has 2 heterocycles. The number of carbonyl (C=O) groups excluding carboxylic acids is 3. The van der Waals surface area contributed by atoms with E-state index in [1.54, 1.807) is 36.1 Å². The molecule has 2 aliphatic heterocycles. The second-order valence-electron chi connectivity index (χ2n) is 8.72. The third-order valence-corrected chi connectivity index (χ3v) is 6.52. The smallest absolute Gasteiger partial charge is 0.253 e. The van der Waals surface area contributed by atoms with Crippen LogP contribution in [0.25, 0.3) is 0 Å². The molecule has 2 atom stereocenters. The van der Waals surface area contributed by atoms with Gasteiger partial charge >= 0.3 is 0 Å². The van der Waals surface area contributed by atoms with Gasteiger partial charge in [-0.25, -0.2) is 0 Å². The number of benzene rings is 1. The molecule has 1 aromatic rings. The topological polar surface area (TPSA) is 87.7 Å². The van der Waals surface area contributed by atoms with Crippen molar-refractivity contribution in [3.05, 3.63) is 34.9 Å². The third-order valence-electron chi connectivity index (χ3n) is 6.27. The molecule has 0 aromatic heterocycles. The van der Waals surface area contributed by atoms with Crippen LogP contribution in [0, 0.1) is 5.41 Å². The summed E-state index contributed by atoms with van der Waals surface area (Å²) in [4.78, 5) is 40.3. The second kappa shape index (κ2) is 10.5. The summed E-state index contributed by atoms with van der Waals surface area (Å²) >= 11 is 5.92. The summed E-state index contributed by atoms with van der Waals surface area (Å²) in [7, 11) is 0. The fourth-order valence-corrected chi connectivity index (χ4v) is 4.38. The van der Waals surface area contributed by atoms with E-state index in [0.717, 1.165) is 19.3 Å². The predicted molar refractivity (Wildman–Crippen MR) is 119 cm³/mol. The molecule has 8 heteroatoms. The Hall–Kier alpha value is -2.12. The summed E-state index contributed by atoms with van der Waals surface area (Å²) in [6, 6.07) is 6.13. The summed E-state index contributed by atoms with van der Waals surface area (Å²) in [6.07, 6.45) is 3.59. The highest BCUT2D eigenvalue weighted by atomic mass is 35.5. The molecule has 31 heavy (non-hydrogen) atoms. The summed E-state index contributed by atoms with van der Waals surface area (Å²) < 4.78 is 5.67. The normalized spacial score (nSPS) is 25.6. The van der Waals surface area contributed by atoms with Gasteiger partial charge in [0.2, 0.25) is 11.8 Å². The molecule has 2 N–H and O–H groups in total. The molecule has 0 radical (unpaired) electrons. The first kappa shape index (κ1) is 23.5. The van der Waals surface area contributed by atoms with E-state index in [2.05, 4.69) is 10.6 Å². The van der Waals surface area contributed by atoms with Crippen LogP contribution in [0.5, 0.6) is 0 Å². The molecule has 0 aliphatic carbocycles. The number of piperidine rings is 1. The molecule has 7 nitrogen and oxygen atoms in total. The first-order valence-corrected chi connectivity index (χ1v) is 11.4. The molecule has 2 saturated heterocycles. The number of hydrogen-bond donors (Lipinski definition) is 2. The Morgan fingerprint density at radius 2 is 1.74 bits per heavy atom. The molecule has 3 rings (SSSR count). The van der Waals surface area contributed by atoms with E-state index in [1.807, 2.05) is 6.92 Å².